The predicted octanol–water partition coefficient (Wildman–Crippen LogP) is 2.37. The molecule has 0 aromatic heterocycles. The monoisotopic (exact) mass is 244 g/mol. The van der Waals surface area contributed by atoms with Crippen LogP contribution in [0.5, 0.6) is 0 Å². The number of rotatable bonds is 10. The molecule has 3 heteroatoms. The van der Waals surface area contributed by atoms with Crippen LogP contribution in [0.15, 0.2) is 0 Å². The van der Waals surface area contributed by atoms with Gasteiger partial charge in [-0.3, -0.25) is 0 Å². The van der Waals surface area contributed by atoms with Crippen LogP contribution in [-0.2, 0) is 4.74 Å². The third-order valence-corrected chi connectivity index (χ3v) is 3.50. The lowest BCUT2D eigenvalue weighted by Gasteiger charge is -2.32. The fourth-order valence-electron chi connectivity index (χ4n) is 2.28. The summed E-state index contributed by atoms with van der Waals surface area (Å²) in [6.45, 7) is 11.5. The van der Waals surface area contributed by atoms with Crippen LogP contribution in [0.25, 0.3) is 0 Å². The lowest BCUT2D eigenvalue weighted by molar-refractivity contribution is 0.119. The molecule has 104 valence electrons. The van der Waals surface area contributed by atoms with Crippen molar-refractivity contribution in [2.75, 3.05) is 33.9 Å². The van der Waals surface area contributed by atoms with E-state index in [0.29, 0.717) is 12.1 Å². The van der Waals surface area contributed by atoms with Gasteiger partial charge in [-0.05, 0) is 33.9 Å². The van der Waals surface area contributed by atoms with Crippen molar-refractivity contribution in [1.82, 2.24) is 10.2 Å². The predicted molar refractivity (Wildman–Crippen MR) is 75.5 cm³/mol. The fraction of sp³-hybridized carbons (Fsp3) is 1.00. The average Bonchev–Trinajstić information content (AvgIpc) is 2.31. The SMILES string of the molecule is CCOCC(C)NCC(C(CC)CC)N(C)C. The first-order valence-electron chi connectivity index (χ1n) is 7.04. The van der Waals surface area contributed by atoms with Gasteiger partial charge in [0.05, 0.1) is 6.61 Å². The Hall–Kier alpha value is -0.120. The summed E-state index contributed by atoms with van der Waals surface area (Å²) in [4.78, 5) is 2.35. The van der Waals surface area contributed by atoms with Gasteiger partial charge in [0.15, 0.2) is 0 Å². The summed E-state index contributed by atoms with van der Waals surface area (Å²) in [5.74, 6) is 0.775. The van der Waals surface area contributed by atoms with Crippen molar-refractivity contribution < 1.29 is 4.74 Å². The number of hydrogen-bond donors (Lipinski definition) is 1. The van der Waals surface area contributed by atoms with Crippen LogP contribution in [0.2, 0.25) is 0 Å². The molecule has 0 saturated carbocycles. The van der Waals surface area contributed by atoms with Gasteiger partial charge in [0, 0.05) is 25.2 Å². The second kappa shape index (κ2) is 9.86. The number of ether oxygens (including phenoxy) is 1. The molecule has 17 heavy (non-hydrogen) atoms. The highest BCUT2D eigenvalue weighted by molar-refractivity contribution is 4.78. The Labute approximate surface area is 108 Å². The van der Waals surface area contributed by atoms with E-state index in [1.807, 2.05) is 6.92 Å². The third-order valence-electron chi connectivity index (χ3n) is 3.50. The third kappa shape index (κ3) is 7.02. The van der Waals surface area contributed by atoms with Crippen LogP contribution in [0.1, 0.15) is 40.5 Å². The molecule has 0 saturated heterocycles. The highest BCUT2D eigenvalue weighted by Crippen LogP contribution is 2.16. The van der Waals surface area contributed by atoms with E-state index in [0.717, 1.165) is 25.7 Å². The van der Waals surface area contributed by atoms with Crippen molar-refractivity contribution in [3.8, 4) is 0 Å². The first-order valence-corrected chi connectivity index (χ1v) is 7.04. The highest BCUT2D eigenvalue weighted by Gasteiger charge is 2.20. The van der Waals surface area contributed by atoms with Crippen LogP contribution in [0.4, 0.5) is 0 Å². The molecule has 1 N–H and O–H groups in total. The Morgan fingerprint density at radius 1 is 1.12 bits per heavy atom. The first-order chi connectivity index (χ1) is 8.06. The van der Waals surface area contributed by atoms with Crippen LogP contribution in [0.3, 0.4) is 0 Å². The molecular weight excluding hydrogens is 212 g/mol. The van der Waals surface area contributed by atoms with Gasteiger partial charge in [-0.25, -0.2) is 0 Å². The second-order valence-corrected chi connectivity index (χ2v) is 5.08. The van der Waals surface area contributed by atoms with Crippen molar-refractivity contribution in [2.45, 2.75) is 52.6 Å². The summed E-state index contributed by atoms with van der Waals surface area (Å²) in [7, 11) is 4.36. The normalized spacial score (nSPS) is 15.5. The van der Waals surface area contributed by atoms with Gasteiger partial charge in [-0.2, -0.15) is 0 Å². The van der Waals surface area contributed by atoms with E-state index in [2.05, 4.69) is 45.1 Å². The van der Waals surface area contributed by atoms with Gasteiger partial charge < -0.3 is 15.0 Å². The Balaban J connectivity index is 4.08. The van der Waals surface area contributed by atoms with E-state index < -0.39 is 0 Å². The van der Waals surface area contributed by atoms with Crippen molar-refractivity contribution in [3.63, 3.8) is 0 Å². The molecule has 2 atom stereocenters. The maximum Gasteiger partial charge on any atom is 0.0616 e. The Kier molecular flexibility index (Phi) is 9.79. The zero-order valence-corrected chi connectivity index (χ0v) is 12.6. The van der Waals surface area contributed by atoms with E-state index in [1.54, 1.807) is 0 Å². The summed E-state index contributed by atoms with van der Waals surface area (Å²) in [6.07, 6.45) is 2.50. The van der Waals surface area contributed by atoms with Gasteiger partial charge in [0.2, 0.25) is 0 Å². The number of likely N-dealkylation sites (N-methyl/N-ethyl adjacent to an activating group) is 1. The molecule has 0 bridgehead atoms. The van der Waals surface area contributed by atoms with E-state index in [9.17, 15) is 0 Å². The van der Waals surface area contributed by atoms with Gasteiger partial charge >= 0.3 is 0 Å². The minimum Gasteiger partial charge on any atom is -0.380 e. The first kappa shape index (κ1) is 16.9. The lowest BCUT2D eigenvalue weighted by Crippen LogP contribution is -2.46. The summed E-state index contributed by atoms with van der Waals surface area (Å²) in [5, 5.41) is 3.58. The molecule has 0 aromatic rings. The van der Waals surface area contributed by atoms with Crippen molar-refractivity contribution in [3.05, 3.63) is 0 Å². The highest BCUT2D eigenvalue weighted by atomic mass is 16.5. The molecule has 0 aliphatic heterocycles. The Morgan fingerprint density at radius 3 is 2.12 bits per heavy atom. The summed E-state index contributed by atoms with van der Waals surface area (Å²) >= 11 is 0. The summed E-state index contributed by atoms with van der Waals surface area (Å²) in [5.41, 5.74) is 0. The molecule has 0 amide bonds. The zero-order valence-electron chi connectivity index (χ0n) is 12.6. The Morgan fingerprint density at radius 2 is 1.71 bits per heavy atom. The molecule has 0 aliphatic rings. The molecule has 0 heterocycles. The van der Waals surface area contributed by atoms with E-state index in [1.165, 1.54) is 12.8 Å². The summed E-state index contributed by atoms with van der Waals surface area (Å²) in [6, 6.07) is 1.06. The number of hydrogen-bond acceptors (Lipinski definition) is 3. The smallest absolute Gasteiger partial charge is 0.0616 e. The molecular formula is C14H32N2O. The average molecular weight is 244 g/mol. The van der Waals surface area contributed by atoms with Crippen LogP contribution >= 0.6 is 0 Å². The lowest BCUT2D eigenvalue weighted by atomic mass is 9.93. The molecule has 0 aliphatic carbocycles. The van der Waals surface area contributed by atoms with E-state index in [4.69, 9.17) is 4.74 Å². The quantitative estimate of drug-likeness (QED) is 0.638. The molecule has 0 spiro atoms. The second-order valence-electron chi connectivity index (χ2n) is 5.08. The number of nitrogens with one attached hydrogen (secondary N) is 1. The fourth-order valence-corrected chi connectivity index (χ4v) is 2.28. The molecule has 0 aromatic carbocycles. The van der Waals surface area contributed by atoms with Gasteiger partial charge in [-0.1, -0.05) is 26.7 Å². The van der Waals surface area contributed by atoms with Crippen LogP contribution in [-0.4, -0.2) is 50.8 Å². The van der Waals surface area contributed by atoms with Crippen LogP contribution in [0, 0.1) is 5.92 Å². The Bertz CT molecular complexity index is 170. The maximum atomic E-state index is 5.43. The molecule has 0 rings (SSSR count). The van der Waals surface area contributed by atoms with Gasteiger partial charge in [0.1, 0.15) is 0 Å². The van der Waals surface area contributed by atoms with Gasteiger partial charge in [0.25, 0.3) is 0 Å². The molecule has 0 fully saturated rings. The van der Waals surface area contributed by atoms with E-state index >= 15 is 0 Å². The molecule has 3 nitrogen and oxygen atoms in total. The molecule has 2 unspecified atom stereocenters. The van der Waals surface area contributed by atoms with Crippen molar-refractivity contribution in [1.29, 1.82) is 0 Å². The standard InChI is InChI=1S/C14H32N2O/c1-7-13(8-2)14(16(5)6)10-15-12(4)11-17-9-3/h12-15H,7-11H2,1-6H3. The largest absolute Gasteiger partial charge is 0.380 e. The van der Waals surface area contributed by atoms with Crippen molar-refractivity contribution in [2.24, 2.45) is 5.92 Å². The van der Waals surface area contributed by atoms with Crippen LogP contribution < -0.4 is 5.32 Å². The van der Waals surface area contributed by atoms with Gasteiger partial charge in [-0.15, -0.1) is 0 Å². The minimum atomic E-state index is 0.437. The maximum absolute atomic E-state index is 5.43. The molecule has 0 radical (unpaired) electrons. The topological polar surface area (TPSA) is 24.5 Å². The number of nitrogens with zero attached hydrogens (tertiary/aromatic N) is 1. The zero-order chi connectivity index (χ0) is 13.3. The van der Waals surface area contributed by atoms with Crippen molar-refractivity contribution >= 4 is 0 Å². The summed E-state index contributed by atoms with van der Waals surface area (Å²) < 4.78 is 5.43. The minimum absolute atomic E-state index is 0.437. The van der Waals surface area contributed by atoms with E-state index in [-0.39, 0.29) is 0 Å².